The van der Waals surface area contributed by atoms with Crippen molar-refractivity contribution in [1.82, 2.24) is 15.4 Å². The fourth-order valence-corrected chi connectivity index (χ4v) is 5.18. The Hall–Kier alpha value is -4.63. The number of nitrogens with one attached hydrogen (secondary N) is 2. The Morgan fingerprint density at radius 2 is 1.82 bits per heavy atom. The topological polar surface area (TPSA) is 130 Å². The molecule has 196 valence electrons. The second kappa shape index (κ2) is 9.59. The lowest BCUT2D eigenvalue weighted by atomic mass is 9.92. The molecule has 2 aromatic heterocycles. The van der Waals surface area contributed by atoms with E-state index in [4.69, 9.17) is 20.9 Å². The van der Waals surface area contributed by atoms with Gasteiger partial charge >= 0.3 is 12.1 Å². The number of aliphatic carboxylic acids is 1. The normalized spacial score (nSPS) is 14.6. The number of fused-ring (bicyclic) bond motifs is 1. The number of benzene rings is 3. The molecule has 1 atom stereocenters. The number of amides is 1. The van der Waals surface area contributed by atoms with Crippen LogP contribution in [0.25, 0.3) is 33.4 Å². The van der Waals surface area contributed by atoms with Gasteiger partial charge in [0.25, 0.3) is 0 Å². The first-order valence-corrected chi connectivity index (χ1v) is 12.7. The maximum atomic E-state index is 12.7. The summed E-state index contributed by atoms with van der Waals surface area (Å²) in [6.07, 6.45) is 3.17. The first-order chi connectivity index (χ1) is 18.9. The van der Waals surface area contributed by atoms with E-state index in [0.29, 0.717) is 46.0 Å². The summed E-state index contributed by atoms with van der Waals surface area (Å²) in [5, 5.41) is 24.8. The summed E-state index contributed by atoms with van der Waals surface area (Å²) in [6.45, 7) is 1.74. The third-order valence-corrected chi connectivity index (χ3v) is 7.55. The highest BCUT2D eigenvalue weighted by Gasteiger charge is 2.51. The summed E-state index contributed by atoms with van der Waals surface area (Å²) < 4.78 is 11.0. The lowest BCUT2D eigenvalue weighted by Gasteiger charge is -2.15. The van der Waals surface area contributed by atoms with Gasteiger partial charge in [0.15, 0.2) is 5.76 Å². The highest BCUT2D eigenvalue weighted by atomic mass is 35.5. The number of carboxylic acid groups (broad SMARTS) is 1. The van der Waals surface area contributed by atoms with Gasteiger partial charge in [0.1, 0.15) is 11.8 Å². The number of H-pyrrole nitrogens is 1. The van der Waals surface area contributed by atoms with E-state index in [2.05, 4.69) is 20.7 Å². The summed E-state index contributed by atoms with van der Waals surface area (Å²) in [5.74, 6) is -0.443. The predicted molar refractivity (Wildman–Crippen MR) is 146 cm³/mol. The lowest BCUT2D eigenvalue weighted by molar-refractivity contribution is -0.140. The maximum absolute atomic E-state index is 12.7. The summed E-state index contributed by atoms with van der Waals surface area (Å²) in [7, 11) is 0. The molecule has 0 saturated heterocycles. The molecule has 1 amide bonds. The number of anilines is 1. The number of nitrogens with zero attached hydrogens (tertiary/aromatic N) is 2. The molecule has 1 unspecified atom stereocenters. The molecule has 0 bridgehead atoms. The van der Waals surface area contributed by atoms with E-state index in [1.165, 1.54) is 6.20 Å². The van der Waals surface area contributed by atoms with Crippen LogP contribution in [0.1, 0.15) is 37.0 Å². The number of rotatable bonds is 7. The molecule has 1 fully saturated rings. The van der Waals surface area contributed by atoms with E-state index in [-0.39, 0.29) is 0 Å². The van der Waals surface area contributed by atoms with Gasteiger partial charge in [-0.05, 0) is 48.6 Å². The minimum atomic E-state index is -0.782. The van der Waals surface area contributed by atoms with Gasteiger partial charge in [-0.15, -0.1) is 0 Å². The Labute approximate surface area is 227 Å². The van der Waals surface area contributed by atoms with Crippen molar-refractivity contribution in [1.29, 1.82) is 0 Å². The summed E-state index contributed by atoms with van der Waals surface area (Å²) in [6, 6.07) is 18.6. The first-order valence-electron chi connectivity index (χ1n) is 12.3. The van der Waals surface area contributed by atoms with Gasteiger partial charge < -0.3 is 14.4 Å². The van der Waals surface area contributed by atoms with Crippen LogP contribution < -0.4 is 5.32 Å². The van der Waals surface area contributed by atoms with Gasteiger partial charge in [0, 0.05) is 21.5 Å². The highest BCUT2D eigenvalue weighted by Crippen LogP contribution is 2.49. The largest absolute Gasteiger partial charge is 0.481 e. The Morgan fingerprint density at radius 3 is 2.54 bits per heavy atom. The number of carboxylic acids is 1. The monoisotopic (exact) mass is 542 g/mol. The van der Waals surface area contributed by atoms with E-state index in [0.717, 1.165) is 22.1 Å². The van der Waals surface area contributed by atoms with E-state index in [1.807, 2.05) is 42.5 Å². The highest BCUT2D eigenvalue weighted by molar-refractivity contribution is 6.31. The number of hydrogen-bond acceptors (Lipinski definition) is 6. The molecule has 9 nitrogen and oxygen atoms in total. The maximum Gasteiger partial charge on any atom is 0.412 e. The molecule has 10 heteroatoms. The first kappa shape index (κ1) is 24.7. The number of carbonyl (C=O) groups is 2. The van der Waals surface area contributed by atoms with Crippen molar-refractivity contribution < 1.29 is 24.0 Å². The molecule has 1 aliphatic rings. The molecular formula is C29H23ClN4O5. The van der Waals surface area contributed by atoms with E-state index < -0.39 is 23.6 Å². The summed E-state index contributed by atoms with van der Waals surface area (Å²) >= 11 is 6.23. The molecule has 0 aliphatic heterocycles. The smallest absolute Gasteiger partial charge is 0.412 e. The average molecular weight is 543 g/mol. The number of ether oxygens (including phenoxy) is 1. The molecule has 1 aliphatic carbocycles. The minimum Gasteiger partial charge on any atom is -0.481 e. The van der Waals surface area contributed by atoms with Gasteiger partial charge in [0.2, 0.25) is 0 Å². The molecule has 3 aromatic carbocycles. The van der Waals surface area contributed by atoms with E-state index >= 15 is 0 Å². The van der Waals surface area contributed by atoms with Gasteiger partial charge in [-0.25, -0.2) is 4.79 Å². The van der Waals surface area contributed by atoms with Crippen LogP contribution in [-0.4, -0.2) is 32.5 Å². The zero-order valence-electron chi connectivity index (χ0n) is 20.8. The zero-order chi connectivity index (χ0) is 27.1. The Balaban J connectivity index is 1.26. The molecule has 3 N–H and O–H groups in total. The van der Waals surface area contributed by atoms with Gasteiger partial charge in [-0.3, -0.25) is 15.2 Å². The Kier molecular flexibility index (Phi) is 6.07. The molecular weight excluding hydrogens is 520 g/mol. The predicted octanol–water partition coefficient (Wildman–Crippen LogP) is 6.96. The number of halogens is 1. The van der Waals surface area contributed by atoms with Gasteiger partial charge in [-0.1, -0.05) is 65.3 Å². The van der Waals surface area contributed by atoms with Crippen LogP contribution in [0.5, 0.6) is 0 Å². The van der Waals surface area contributed by atoms with Crippen molar-refractivity contribution in [2.45, 2.75) is 31.3 Å². The van der Waals surface area contributed by atoms with Crippen molar-refractivity contribution in [3.8, 4) is 22.5 Å². The van der Waals surface area contributed by atoms with E-state index in [9.17, 15) is 14.7 Å². The fourth-order valence-electron chi connectivity index (χ4n) is 4.89. The van der Waals surface area contributed by atoms with Crippen LogP contribution in [-0.2, 0) is 14.9 Å². The third-order valence-electron chi connectivity index (χ3n) is 7.20. The van der Waals surface area contributed by atoms with Crippen LogP contribution in [0, 0.1) is 0 Å². The Morgan fingerprint density at radius 1 is 1.08 bits per heavy atom. The van der Waals surface area contributed by atoms with Crippen LogP contribution in [0.3, 0.4) is 0 Å². The van der Waals surface area contributed by atoms with Crippen LogP contribution in [0.2, 0.25) is 5.02 Å². The number of carbonyl (C=O) groups excluding carboxylic acids is 1. The number of aromatic amines is 1. The van der Waals surface area contributed by atoms with Crippen molar-refractivity contribution in [2.75, 3.05) is 5.32 Å². The van der Waals surface area contributed by atoms with Crippen LogP contribution >= 0.6 is 11.6 Å². The zero-order valence-corrected chi connectivity index (χ0v) is 21.5. The molecule has 6 rings (SSSR count). The molecule has 2 heterocycles. The number of hydrogen-bond donors (Lipinski definition) is 3. The van der Waals surface area contributed by atoms with Crippen molar-refractivity contribution in [3.63, 3.8) is 0 Å². The third kappa shape index (κ3) is 4.40. The quantitative estimate of drug-likeness (QED) is 0.202. The van der Waals surface area contributed by atoms with Crippen molar-refractivity contribution >= 4 is 40.3 Å². The molecule has 0 radical (unpaired) electrons. The average Bonchev–Trinajstić information content (AvgIpc) is 3.38. The van der Waals surface area contributed by atoms with Crippen molar-refractivity contribution in [3.05, 3.63) is 89.2 Å². The second-order valence-corrected chi connectivity index (χ2v) is 9.95. The van der Waals surface area contributed by atoms with Crippen LogP contribution in [0.15, 0.2) is 77.6 Å². The SMILES string of the molecule is CC(OC(=O)Nc1cnoc1-c1ccc(-c2ccc(C3(C(=O)O)CC3)cc2)c2cn[nH]c12)c1ccccc1Cl. The second-order valence-electron chi connectivity index (χ2n) is 9.55. The van der Waals surface area contributed by atoms with E-state index in [1.54, 1.807) is 31.3 Å². The number of aromatic nitrogens is 3. The standard InChI is InChI=1S/C29H23ClN4O5/c1-16(19-4-2-3-5-23(19)30)38-28(37)33-24-15-32-39-26(24)21-11-10-20(22-14-31-34-25(21)22)17-6-8-18(9-7-17)29(12-13-29)27(35)36/h2-11,14-16H,12-13H2,1H3,(H,31,34)(H,33,37)(H,35,36). The fraction of sp³-hybridized carbons (Fsp3) is 0.172. The molecule has 5 aromatic rings. The Bertz CT molecular complexity index is 1700. The summed E-state index contributed by atoms with van der Waals surface area (Å²) in [4.78, 5) is 24.4. The summed E-state index contributed by atoms with van der Waals surface area (Å²) in [5.41, 5.74) is 4.26. The van der Waals surface area contributed by atoms with Gasteiger partial charge in [-0.2, -0.15) is 5.10 Å². The minimum absolute atomic E-state index is 0.336. The molecule has 39 heavy (non-hydrogen) atoms. The van der Waals surface area contributed by atoms with Gasteiger partial charge in [0.05, 0.1) is 23.3 Å². The molecule has 1 saturated carbocycles. The van der Waals surface area contributed by atoms with Crippen LogP contribution in [0.4, 0.5) is 10.5 Å². The van der Waals surface area contributed by atoms with Crippen molar-refractivity contribution in [2.24, 2.45) is 0 Å². The lowest BCUT2D eigenvalue weighted by Crippen LogP contribution is -2.19. The molecule has 0 spiro atoms.